The number of carbonyl (C=O) groups is 4. The highest BCUT2D eigenvalue weighted by Crippen LogP contribution is 2.47. The van der Waals surface area contributed by atoms with E-state index in [0.29, 0.717) is 0 Å². The maximum atomic E-state index is 15.6. The number of thiophene rings is 1. The zero-order valence-electron chi connectivity index (χ0n) is 25.7. The van der Waals surface area contributed by atoms with Gasteiger partial charge in [-0.05, 0) is 6.07 Å². The minimum absolute atomic E-state index is 0.0201. The number of ether oxygens (including phenoxy) is 4. The van der Waals surface area contributed by atoms with E-state index in [1.54, 1.807) is 0 Å². The SMILES string of the molecule is COc1c(F)c2c(c(F)c1OCCCOc1c(OC)c(F)c3sc(C(=O)CC(C)C(=O)O)cc3c1Cl)CN(C(=O)CC(C)C(=O)O)C2. The first-order valence-electron chi connectivity index (χ1n) is 14.3. The molecule has 0 spiro atoms. The molecule has 1 aliphatic heterocycles. The molecule has 11 nitrogen and oxygen atoms in total. The van der Waals surface area contributed by atoms with Crippen molar-refractivity contribution in [2.45, 2.75) is 46.2 Å². The molecular formula is C31H31ClF3NO10S. The third-order valence-electron chi connectivity index (χ3n) is 7.60. The second-order valence-electron chi connectivity index (χ2n) is 10.9. The molecule has 3 aromatic rings. The molecule has 0 radical (unpaired) electrons. The summed E-state index contributed by atoms with van der Waals surface area (Å²) >= 11 is 7.33. The molecule has 16 heteroatoms. The zero-order chi connectivity index (χ0) is 34.7. The van der Waals surface area contributed by atoms with Crippen LogP contribution < -0.4 is 18.9 Å². The van der Waals surface area contributed by atoms with E-state index in [4.69, 9.17) is 40.8 Å². The molecule has 0 saturated heterocycles. The number of carboxylic acids is 2. The molecule has 1 amide bonds. The van der Waals surface area contributed by atoms with E-state index in [9.17, 15) is 19.2 Å². The van der Waals surface area contributed by atoms with Crippen LogP contribution in [0.5, 0.6) is 23.0 Å². The summed E-state index contributed by atoms with van der Waals surface area (Å²) in [5.41, 5.74) is -0.211. The Bertz CT molecular complexity index is 1750. The fourth-order valence-electron chi connectivity index (χ4n) is 4.94. The predicted octanol–water partition coefficient (Wildman–Crippen LogP) is 6.08. The number of benzene rings is 2. The number of amides is 1. The molecule has 2 N–H and O–H groups in total. The Labute approximate surface area is 275 Å². The van der Waals surface area contributed by atoms with Crippen LogP contribution >= 0.6 is 22.9 Å². The third-order valence-corrected chi connectivity index (χ3v) is 9.15. The number of fused-ring (bicyclic) bond motifs is 2. The van der Waals surface area contributed by atoms with Crippen LogP contribution in [0.2, 0.25) is 5.02 Å². The second-order valence-corrected chi connectivity index (χ2v) is 12.3. The number of hydrogen-bond acceptors (Lipinski definition) is 9. The van der Waals surface area contributed by atoms with E-state index in [1.165, 1.54) is 27.0 Å². The van der Waals surface area contributed by atoms with Crippen molar-refractivity contribution in [3.8, 4) is 23.0 Å². The normalized spacial score (nSPS) is 13.7. The van der Waals surface area contributed by atoms with E-state index < -0.39 is 64.4 Å². The molecule has 254 valence electrons. The minimum Gasteiger partial charge on any atom is -0.490 e. The molecule has 0 saturated carbocycles. The molecule has 2 unspecified atom stereocenters. The smallest absolute Gasteiger partial charge is 0.306 e. The molecule has 0 aliphatic carbocycles. The first kappa shape index (κ1) is 35.6. The number of carbonyl (C=O) groups excluding carboxylic acids is 2. The Kier molecular flexibility index (Phi) is 11.1. The number of methoxy groups -OCH3 is 2. The van der Waals surface area contributed by atoms with Gasteiger partial charge in [0.1, 0.15) is 0 Å². The Hall–Kier alpha value is -4.24. The average molecular weight is 702 g/mol. The highest BCUT2D eigenvalue weighted by molar-refractivity contribution is 7.21. The van der Waals surface area contributed by atoms with Crippen molar-refractivity contribution in [3.05, 3.63) is 44.5 Å². The Balaban J connectivity index is 1.46. The molecule has 2 heterocycles. The van der Waals surface area contributed by atoms with E-state index in [1.807, 2.05) is 0 Å². The monoisotopic (exact) mass is 701 g/mol. The number of hydrogen-bond donors (Lipinski definition) is 2. The number of nitrogens with zero attached hydrogens (tertiary/aromatic N) is 1. The van der Waals surface area contributed by atoms with Crippen molar-refractivity contribution < 1.29 is 61.5 Å². The number of Topliss-reactive ketones (excluding diaryl/α,β-unsaturated/α-hetero) is 1. The van der Waals surface area contributed by atoms with E-state index in [2.05, 4.69) is 0 Å². The Morgan fingerprint density at radius 3 is 1.91 bits per heavy atom. The van der Waals surface area contributed by atoms with Crippen molar-refractivity contribution in [3.63, 3.8) is 0 Å². The summed E-state index contributed by atoms with van der Waals surface area (Å²) in [6.07, 6.45) is -0.557. The summed E-state index contributed by atoms with van der Waals surface area (Å²) in [5, 5.41) is 18.3. The van der Waals surface area contributed by atoms with Crippen LogP contribution in [0.4, 0.5) is 13.2 Å². The zero-order valence-corrected chi connectivity index (χ0v) is 27.3. The summed E-state index contributed by atoms with van der Waals surface area (Å²) in [6.45, 7) is 1.83. The largest absolute Gasteiger partial charge is 0.490 e. The average Bonchev–Trinajstić information content (AvgIpc) is 3.68. The van der Waals surface area contributed by atoms with Crippen LogP contribution in [0, 0.1) is 29.3 Å². The van der Waals surface area contributed by atoms with Crippen molar-refractivity contribution >= 4 is 56.7 Å². The van der Waals surface area contributed by atoms with Crippen molar-refractivity contribution in [2.75, 3.05) is 27.4 Å². The lowest BCUT2D eigenvalue weighted by atomic mass is 10.0. The van der Waals surface area contributed by atoms with Gasteiger partial charge < -0.3 is 34.1 Å². The summed E-state index contributed by atoms with van der Waals surface area (Å²) in [5.74, 6) is -9.49. The van der Waals surface area contributed by atoms with E-state index >= 15 is 13.2 Å². The third kappa shape index (κ3) is 7.20. The van der Waals surface area contributed by atoms with Gasteiger partial charge in [0.25, 0.3) is 0 Å². The fraction of sp³-hybridized carbons (Fsp3) is 0.419. The summed E-state index contributed by atoms with van der Waals surface area (Å²) in [4.78, 5) is 48.7. The molecule has 0 fully saturated rings. The van der Waals surface area contributed by atoms with E-state index in [0.717, 1.165) is 23.3 Å². The van der Waals surface area contributed by atoms with Gasteiger partial charge in [-0.1, -0.05) is 25.4 Å². The number of rotatable bonds is 15. The number of aliphatic carboxylic acids is 2. The van der Waals surface area contributed by atoms with Crippen LogP contribution in [0.1, 0.15) is 53.9 Å². The maximum absolute atomic E-state index is 15.6. The van der Waals surface area contributed by atoms with Crippen LogP contribution in [-0.4, -0.2) is 66.2 Å². The lowest BCUT2D eigenvalue weighted by Crippen LogP contribution is -2.28. The molecule has 1 aliphatic rings. The van der Waals surface area contributed by atoms with Crippen molar-refractivity contribution in [1.29, 1.82) is 0 Å². The van der Waals surface area contributed by atoms with Gasteiger partial charge in [-0.2, -0.15) is 0 Å². The predicted molar refractivity (Wildman–Crippen MR) is 163 cm³/mol. The molecule has 4 rings (SSSR count). The number of carboxylic acid groups (broad SMARTS) is 2. The Morgan fingerprint density at radius 2 is 1.36 bits per heavy atom. The van der Waals surface area contributed by atoms with Crippen LogP contribution in [-0.2, 0) is 27.5 Å². The van der Waals surface area contributed by atoms with E-state index in [-0.39, 0.29) is 88.2 Å². The molecule has 47 heavy (non-hydrogen) atoms. The van der Waals surface area contributed by atoms with Gasteiger partial charge in [-0.15, -0.1) is 11.3 Å². The topological polar surface area (TPSA) is 149 Å². The highest BCUT2D eigenvalue weighted by atomic mass is 35.5. The standard InChI is InChI=1S/C31H31ClF3NO10S/c1-13(30(39)40)8-18(37)19-10-15-21(32)25(27(44-4)24(35)29(15)47-19)45-6-5-7-46-28-23(34)17-12-36(20(38)9-14(2)31(41)42)11-16(17)22(33)26(28)43-3/h10,13-14H,5-9,11-12H2,1-4H3,(H,39,40)(H,41,42). The second kappa shape index (κ2) is 14.7. The van der Waals surface area contributed by atoms with Crippen LogP contribution in [0.25, 0.3) is 10.1 Å². The summed E-state index contributed by atoms with van der Waals surface area (Å²) < 4.78 is 67.8. The molecule has 1 aromatic heterocycles. The summed E-state index contributed by atoms with van der Waals surface area (Å²) in [6, 6.07) is 1.36. The van der Waals surface area contributed by atoms with Gasteiger partial charge in [0, 0.05) is 48.9 Å². The molecule has 0 bridgehead atoms. The van der Waals surface area contributed by atoms with Gasteiger partial charge in [-0.25, -0.2) is 13.2 Å². The van der Waals surface area contributed by atoms with Crippen molar-refractivity contribution in [2.24, 2.45) is 11.8 Å². The van der Waals surface area contributed by atoms with Crippen molar-refractivity contribution in [1.82, 2.24) is 4.90 Å². The maximum Gasteiger partial charge on any atom is 0.306 e. The number of halogens is 4. The first-order valence-corrected chi connectivity index (χ1v) is 15.5. The van der Waals surface area contributed by atoms with Gasteiger partial charge in [0.05, 0.1) is 53.9 Å². The van der Waals surface area contributed by atoms with Crippen LogP contribution in [0.15, 0.2) is 6.07 Å². The highest BCUT2D eigenvalue weighted by Gasteiger charge is 2.35. The quantitative estimate of drug-likeness (QED) is 0.141. The van der Waals surface area contributed by atoms with Gasteiger partial charge in [0.2, 0.25) is 11.7 Å². The lowest BCUT2D eigenvalue weighted by molar-refractivity contribution is -0.145. The fourth-order valence-corrected chi connectivity index (χ4v) is 6.33. The Morgan fingerprint density at radius 1 is 0.851 bits per heavy atom. The van der Waals surface area contributed by atoms with Gasteiger partial charge >= 0.3 is 11.9 Å². The molecule has 2 aromatic carbocycles. The first-order chi connectivity index (χ1) is 22.2. The lowest BCUT2D eigenvalue weighted by Gasteiger charge is -2.16. The van der Waals surface area contributed by atoms with Gasteiger partial charge in [-0.3, -0.25) is 19.2 Å². The van der Waals surface area contributed by atoms with Gasteiger partial charge in [0.15, 0.2) is 40.5 Å². The minimum atomic E-state index is -1.17. The summed E-state index contributed by atoms with van der Waals surface area (Å²) in [7, 11) is 2.32. The number of ketones is 1. The van der Waals surface area contributed by atoms with Crippen LogP contribution in [0.3, 0.4) is 0 Å². The molecule has 2 atom stereocenters. The molecular weight excluding hydrogens is 671 g/mol.